The quantitative estimate of drug-likeness (QED) is 0.868. The second-order valence-electron chi connectivity index (χ2n) is 5.50. The molecule has 0 saturated carbocycles. The number of nitrogens with one attached hydrogen (secondary N) is 1. The van der Waals surface area contributed by atoms with Crippen LogP contribution < -0.4 is 5.32 Å². The number of hydrogen-bond donors (Lipinski definition) is 1. The molecule has 0 aliphatic carbocycles. The van der Waals surface area contributed by atoms with E-state index in [4.69, 9.17) is 9.15 Å². The van der Waals surface area contributed by atoms with E-state index in [1.807, 2.05) is 18.2 Å². The number of likely N-dealkylation sites (tertiary alicyclic amines) is 1. The lowest BCUT2D eigenvalue weighted by Crippen LogP contribution is -2.46. The summed E-state index contributed by atoms with van der Waals surface area (Å²) in [6.07, 6.45) is 1.08. The molecule has 0 spiro atoms. The largest absolute Gasteiger partial charge is 0.453 e. The van der Waals surface area contributed by atoms with Gasteiger partial charge in [0.05, 0.1) is 7.11 Å². The summed E-state index contributed by atoms with van der Waals surface area (Å²) in [7, 11) is 1.37. The predicted molar refractivity (Wildman–Crippen MR) is 88.4 cm³/mol. The molecule has 2 heterocycles. The molecule has 0 bridgehead atoms. The van der Waals surface area contributed by atoms with Gasteiger partial charge in [0, 0.05) is 29.0 Å². The molecule has 7 heteroatoms. The van der Waals surface area contributed by atoms with E-state index in [-0.39, 0.29) is 18.0 Å². The van der Waals surface area contributed by atoms with Crippen molar-refractivity contribution in [3.63, 3.8) is 0 Å². The summed E-state index contributed by atoms with van der Waals surface area (Å²) in [5.41, 5.74) is 0.680. The summed E-state index contributed by atoms with van der Waals surface area (Å²) < 4.78 is 11.2. The fraction of sp³-hybridized carbons (Fsp3) is 0.375. The van der Waals surface area contributed by atoms with Gasteiger partial charge >= 0.3 is 6.09 Å². The van der Waals surface area contributed by atoms with Crippen molar-refractivity contribution in [2.45, 2.75) is 18.9 Å². The van der Waals surface area contributed by atoms with Crippen LogP contribution >= 0.6 is 15.9 Å². The molecule has 6 nitrogen and oxygen atoms in total. The number of methoxy groups -OCH3 is 1. The van der Waals surface area contributed by atoms with Gasteiger partial charge in [0.15, 0.2) is 5.76 Å². The van der Waals surface area contributed by atoms with Crippen LogP contribution in [0, 0.1) is 0 Å². The Balaban J connectivity index is 1.62. The molecule has 0 unspecified atom stereocenters. The summed E-state index contributed by atoms with van der Waals surface area (Å²) in [4.78, 5) is 25.4. The van der Waals surface area contributed by atoms with Gasteiger partial charge in [0.1, 0.15) is 5.58 Å². The van der Waals surface area contributed by atoms with Crippen LogP contribution in [0.1, 0.15) is 23.4 Å². The van der Waals surface area contributed by atoms with E-state index in [9.17, 15) is 9.59 Å². The number of carbonyl (C=O) groups is 2. The van der Waals surface area contributed by atoms with Crippen molar-refractivity contribution in [3.8, 4) is 0 Å². The van der Waals surface area contributed by atoms with E-state index in [0.717, 1.165) is 9.86 Å². The van der Waals surface area contributed by atoms with Gasteiger partial charge in [0.2, 0.25) is 0 Å². The molecular weight excluding hydrogens is 364 g/mol. The zero-order valence-corrected chi connectivity index (χ0v) is 14.3. The first-order chi connectivity index (χ1) is 11.1. The highest BCUT2D eigenvalue weighted by Crippen LogP contribution is 2.23. The van der Waals surface area contributed by atoms with E-state index in [0.29, 0.717) is 37.3 Å². The minimum atomic E-state index is -0.322. The Bertz CT molecular complexity index is 735. The van der Waals surface area contributed by atoms with Crippen LogP contribution in [0.2, 0.25) is 0 Å². The standard InChI is InChI=1S/C16H17BrN2O4/c1-22-16(21)19-6-4-12(5-7-19)18-15(20)14-9-10-8-11(17)2-3-13(10)23-14/h2-3,8-9,12H,4-7H2,1H3,(H,18,20). The van der Waals surface area contributed by atoms with Crippen molar-refractivity contribution in [1.82, 2.24) is 10.2 Å². The van der Waals surface area contributed by atoms with E-state index in [1.54, 1.807) is 11.0 Å². The molecule has 1 aliphatic heterocycles. The minimum absolute atomic E-state index is 0.0309. The molecule has 0 radical (unpaired) electrons. The summed E-state index contributed by atoms with van der Waals surface area (Å²) in [6.45, 7) is 1.15. The third kappa shape index (κ3) is 3.50. The van der Waals surface area contributed by atoms with E-state index < -0.39 is 0 Å². The highest BCUT2D eigenvalue weighted by molar-refractivity contribution is 9.10. The van der Waals surface area contributed by atoms with Crippen LogP contribution in [0.4, 0.5) is 4.79 Å². The van der Waals surface area contributed by atoms with Crippen LogP contribution in [-0.4, -0.2) is 43.1 Å². The zero-order chi connectivity index (χ0) is 16.4. The number of fused-ring (bicyclic) bond motifs is 1. The third-order valence-corrected chi connectivity index (χ3v) is 4.46. The van der Waals surface area contributed by atoms with Crippen LogP contribution in [0.25, 0.3) is 11.0 Å². The molecule has 0 atom stereocenters. The maximum Gasteiger partial charge on any atom is 0.409 e. The Morgan fingerprint density at radius 2 is 2.04 bits per heavy atom. The van der Waals surface area contributed by atoms with E-state index in [2.05, 4.69) is 21.2 Å². The van der Waals surface area contributed by atoms with Gasteiger partial charge in [-0.05, 0) is 37.1 Å². The Kier molecular flexibility index (Phi) is 4.56. The summed E-state index contributed by atoms with van der Waals surface area (Å²) >= 11 is 3.40. The highest BCUT2D eigenvalue weighted by Gasteiger charge is 2.25. The zero-order valence-electron chi connectivity index (χ0n) is 12.7. The number of carbonyl (C=O) groups excluding carboxylic acids is 2. The number of nitrogens with zero attached hydrogens (tertiary/aromatic N) is 1. The third-order valence-electron chi connectivity index (χ3n) is 3.97. The average Bonchev–Trinajstić information content (AvgIpc) is 2.98. The Morgan fingerprint density at radius 3 is 2.74 bits per heavy atom. The van der Waals surface area contributed by atoms with Gasteiger partial charge in [-0.15, -0.1) is 0 Å². The lowest BCUT2D eigenvalue weighted by Gasteiger charge is -2.31. The molecule has 1 N–H and O–H groups in total. The monoisotopic (exact) mass is 380 g/mol. The summed E-state index contributed by atoms with van der Waals surface area (Å²) in [5.74, 6) is 0.0716. The molecule has 1 saturated heterocycles. The van der Waals surface area contributed by atoms with Gasteiger partial charge in [-0.1, -0.05) is 15.9 Å². The van der Waals surface area contributed by atoms with Gasteiger partial charge < -0.3 is 19.4 Å². The Hall–Kier alpha value is -2.02. The van der Waals surface area contributed by atoms with Crippen molar-refractivity contribution < 1.29 is 18.7 Å². The summed E-state index contributed by atoms with van der Waals surface area (Å²) in [6, 6.07) is 7.37. The normalized spacial score (nSPS) is 15.7. The smallest absolute Gasteiger partial charge is 0.409 e. The average molecular weight is 381 g/mol. The first-order valence-corrected chi connectivity index (χ1v) is 8.19. The highest BCUT2D eigenvalue weighted by atomic mass is 79.9. The summed E-state index contributed by atoms with van der Waals surface area (Å²) in [5, 5.41) is 3.84. The molecule has 2 amide bonds. The number of piperidine rings is 1. The van der Waals surface area contributed by atoms with Crippen molar-refractivity contribution in [2.75, 3.05) is 20.2 Å². The number of hydrogen-bond acceptors (Lipinski definition) is 4. The maximum absolute atomic E-state index is 12.3. The van der Waals surface area contributed by atoms with Crippen LogP contribution in [0.3, 0.4) is 0 Å². The number of halogens is 1. The van der Waals surface area contributed by atoms with Gasteiger partial charge in [-0.25, -0.2) is 4.79 Å². The van der Waals surface area contributed by atoms with Crippen molar-refractivity contribution >= 4 is 38.9 Å². The van der Waals surface area contributed by atoms with Crippen molar-refractivity contribution in [1.29, 1.82) is 0 Å². The molecule has 2 aromatic rings. The molecular formula is C16H17BrN2O4. The first-order valence-electron chi connectivity index (χ1n) is 7.39. The number of benzene rings is 1. The van der Waals surface area contributed by atoms with E-state index >= 15 is 0 Å². The number of furan rings is 1. The maximum atomic E-state index is 12.3. The second-order valence-corrected chi connectivity index (χ2v) is 6.41. The van der Waals surface area contributed by atoms with Gasteiger partial charge in [0.25, 0.3) is 5.91 Å². The molecule has 3 rings (SSSR count). The van der Waals surface area contributed by atoms with Gasteiger partial charge in [-0.3, -0.25) is 4.79 Å². The Labute approximate surface area is 141 Å². The lowest BCUT2D eigenvalue weighted by molar-refractivity contribution is 0.0869. The van der Waals surface area contributed by atoms with Gasteiger partial charge in [-0.2, -0.15) is 0 Å². The number of rotatable bonds is 2. The number of amides is 2. The molecule has 1 aliphatic rings. The SMILES string of the molecule is COC(=O)N1CCC(NC(=O)c2cc3cc(Br)ccc3o2)CC1. The van der Waals surface area contributed by atoms with E-state index in [1.165, 1.54) is 7.11 Å². The molecule has 122 valence electrons. The molecule has 1 aromatic carbocycles. The molecule has 23 heavy (non-hydrogen) atoms. The molecule has 1 aromatic heterocycles. The topological polar surface area (TPSA) is 71.8 Å². The first kappa shape index (κ1) is 15.9. The second kappa shape index (κ2) is 6.62. The van der Waals surface area contributed by atoms with Crippen LogP contribution in [0.15, 0.2) is 33.2 Å². The Morgan fingerprint density at radius 1 is 1.30 bits per heavy atom. The van der Waals surface area contributed by atoms with Crippen LogP contribution in [0.5, 0.6) is 0 Å². The fourth-order valence-corrected chi connectivity index (χ4v) is 3.10. The minimum Gasteiger partial charge on any atom is -0.453 e. The number of ether oxygens (including phenoxy) is 1. The van der Waals surface area contributed by atoms with Crippen molar-refractivity contribution in [3.05, 3.63) is 34.5 Å². The van der Waals surface area contributed by atoms with Crippen molar-refractivity contribution in [2.24, 2.45) is 0 Å². The molecule has 1 fully saturated rings. The van der Waals surface area contributed by atoms with Crippen LogP contribution in [-0.2, 0) is 4.74 Å². The fourth-order valence-electron chi connectivity index (χ4n) is 2.72. The lowest BCUT2D eigenvalue weighted by atomic mass is 10.1. The predicted octanol–water partition coefficient (Wildman–Crippen LogP) is 3.16.